The highest BCUT2D eigenvalue weighted by Crippen LogP contribution is 2.25. The Morgan fingerprint density at radius 2 is 2.21 bits per heavy atom. The monoisotopic (exact) mass is 258 g/mol. The Kier molecular flexibility index (Phi) is 5.38. The summed E-state index contributed by atoms with van der Waals surface area (Å²) in [6, 6.07) is 12.8. The Morgan fingerprint density at radius 1 is 1.42 bits per heavy atom. The second kappa shape index (κ2) is 7.28. The van der Waals surface area contributed by atoms with Gasteiger partial charge in [-0.25, -0.2) is 0 Å². The molecule has 3 heteroatoms. The first-order valence-corrected chi connectivity index (χ1v) is 7.01. The summed E-state index contributed by atoms with van der Waals surface area (Å²) in [7, 11) is 2.11. The zero-order valence-electron chi connectivity index (χ0n) is 11.6. The third kappa shape index (κ3) is 4.05. The third-order valence-corrected chi connectivity index (χ3v) is 3.80. The summed E-state index contributed by atoms with van der Waals surface area (Å²) in [5.41, 5.74) is 1.23. The highest BCUT2D eigenvalue weighted by molar-refractivity contribution is 5.20. The molecule has 2 unspecified atom stereocenters. The lowest BCUT2D eigenvalue weighted by atomic mass is 9.98. The second-order valence-corrected chi connectivity index (χ2v) is 5.31. The van der Waals surface area contributed by atoms with Crippen LogP contribution in [0.1, 0.15) is 30.9 Å². The van der Waals surface area contributed by atoms with Crippen molar-refractivity contribution >= 4 is 0 Å². The van der Waals surface area contributed by atoms with Gasteiger partial charge in [0.25, 0.3) is 0 Å². The number of nitriles is 1. The van der Waals surface area contributed by atoms with Crippen molar-refractivity contribution in [3.63, 3.8) is 0 Å². The molecule has 19 heavy (non-hydrogen) atoms. The maximum Gasteiger partial charge on any atom is 0.0641 e. The molecule has 1 aromatic rings. The smallest absolute Gasteiger partial charge is 0.0641 e. The van der Waals surface area contributed by atoms with E-state index in [0.717, 1.165) is 26.2 Å². The van der Waals surface area contributed by atoms with E-state index >= 15 is 0 Å². The van der Waals surface area contributed by atoms with Gasteiger partial charge in [-0.2, -0.15) is 5.26 Å². The zero-order chi connectivity index (χ0) is 13.5. The lowest BCUT2D eigenvalue weighted by molar-refractivity contribution is 0.0362. The van der Waals surface area contributed by atoms with Crippen molar-refractivity contribution in [1.29, 1.82) is 5.26 Å². The molecule has 0 aromatic heterocycles. The molecule has 0 bridgehead atoms. The largest absolute Gasteiger partial charge is 0.381 e. The summed E-state index contributed by atoms with van der Waals surface area (Å²) >= 11 is 0. The van der Waals surface area contributed by atoms with Gasteiger partial charge in [-0.3, -0.25) is 4.90 Å². The first-order valence-electron chi connectivity index (χ1n) is 7.01. The highest BCUT2D eigenvalue weighted by atomic mass is 16.5. The normalized spacial score (nSPS) is 21.0. The number of nitrogens with zero attached hydrogens (tertiary/aromatic N) is 2. The fraction of sp³-hybridized carbons (Fsp3) is 0.562. The number of rotatable bonds is 5. The molecule has 1 fully saturated rings. The topological polar surface area (TPSA) is 36.3 Å². The van der Waals surface area contributed by atoms with Crippen molar-refractivity contribution in [1.82, 2.24) is 4.90 Å². The molecule has 0 aliphatic carbocycles. The number of benzene rings is 1. The van der Waals surface area contributed by atoms with Crippen LogP contribution in [-0.4, -0.2) is 31.7 Å². The molecule has 2 atom stereocenters. The fourth-order valence-corrected chi connectivity index (χ4v) is 2.78. The van der Waals surface area contributed by atoms with Crippen LogP contribution in [-0.2, 0) is 4.74 Å². The van der Waals surface area contributed by atoms with Crippen molar-refractivity contribution in [2.75, 3.05) is 26.8 Å². The highest BCUT2D eigenvalue weighted by Gasteiger charge is 2.21. The molecule has 1 heterocycles. The van der Waals surface area contributed by atoms with E-state index in [-0.39, 0.29) is 6.04 Å². The molecule has 0 radical (unpaired) electrons. The minimum absolute atomic E-state index is 0.188. The van der Waals surface area contributed by atoms with Crippen molar-refractivity contribution in [2.45, 2.75) is 25.3 Å². The second-order valence-electron chi connectivity index (χ2n) is 5.31. The SMILES string of the molecule is CN(CC1CCCOC1)C(CC#N)c1ccccc1. The Labute approximate surface area is 115 Å². The minimum atomic E-state index is 0.188. The van der Waals surface area contributed by atoms with Gasteiger partial charge in [0.15, 0.2) is 0 Å². The summed E-state index contributed by atoms with van der Waals surface area (Å²) < 4.78 is 5.54. The van der Waals surface area contributed by atoms with E-state index < -0.39 is 0 Å². The van der Waals surface area contributed by atoms with Gasteiger partial charge in [0.05, 0.1) is 19.1 Å². The molecular formula is C16H22N2O. The lowest BCUT2D eigenvalue weighted by Gasteiger charge is -2.32. The van der Waals surface area contributed by atoms with E-state index in [1.807, 2.05) is 18.2 Å². The molecule has 1 saturated heterocycles. The van der Waals surface area contributed by atoms with E-state index in [1.165, 1.54) is 12.0 Å². The summed E-state index contributed by atoms with van der Waals surface area (Å²) in [5.74, 6) is 0.601. The summed E-state index contributed by atoms with van der Waals surface area (Å²) in [6.45, 7) is 2.76. The van der Waals surface area contributed by atoms with Crippen LogP contribution < -0.4 is 0 Å². The van der Waals surface area contributed by atoms with Crippen LogP contribution in [0.15, 0.2) is 30.3 Å². The van der Waals surface area contributed by atoms with E-state index in [4.69, 9.17) is 10.00 Å². The Bertz CT molecular complexity index is 407. The van der Waals surface area contributed by atoms with Gasteiger partial charge >= 0.3 is 0 Å². The van der Waals surface area contributed by atoms with Gasteiger partial charge in [0.2, 0.25) is 0 Å². The Hall–Kier alpha value is -1.37. The Balaban J connectivity index is 2.00. The van der Waals surface area contributed by atoms with Gasteiger partial charge < -0.3 is 4.74 Å². The van der Waals surface area contributed by atoms with Crippen LogP contribution in [0.4, 0.5) is 0 Å². The molecule has 3 nitrogen and oxygen atoms in total. The Morgan fingerprint density at radius 3 is 2.84 bits per heavy atom. The molecule has 102 valence electrons. The predicted molar refractivity (Wildman–Crippen MR) is 75.6 cm³/mol. The van der Waals surface area contributed by atoms with E-state index in [9.17, 15) is 0 Å². The van der Waals surface area contributed by atoms with Crippen LogP contribution >= 0.6 is 0 Å². The predicted octanol–water partition coefficient (Wildman–Crippen LogP) is 3.00. The summed E-state index contributed by atoms with van der Waals surface area (Å²) in [5, 5.41) is 9.05. The quantitative estimate of drug-likeness (QED) is 0.814. The molecule has 0 spiro atoms. The van der Waals surface area contributed by atoms with Gasteiger partial charge in [0, 0.05) is 19.2 Å². The summed E-state index contributed by atoms with van der Waals surface area (Å²) in [4.78, 5) is 2.30. The zero-order valence-corrected chi connectivity index (χ0v) is 11.6. The van der Waals surface area contributed by atoms with Crippen LogP contribution in [0, 0.1) is 17.2 Å². The standard InChI is InChI=1S/C16H22N2O/c1-18(12-14-6-5-11-19-13-14)16(9-10-17)15-7-3-2-4-8-15/h2-4,7-8,14,16H,5-6,9,11-13H2,1H3. The minimum Gasteiger partial charge on any atom is -0.381 e. The van der Waals surface area contributed by atoms with E-state index in [0.29, 0.717) is 12.3 Å². The van der Waals surface area contributed by atoms with E-state index in [2.05, 4.69) is 30.1 Å². The molecule has 1 aliphatic heterocycles. The first kappa shape index (κ1) is 14.0. The van der Waals surface area contributed by atoms with Crippen LogP contribution in [0.25, 0.3) is 0 Å². The fourth-order valence-electron chi connectivity index (χ4n) is 2.78. The van der Waals surface area contributed by atoms with Crippen molar-refractivity contribution in [3.05, 3.63) is 35.9 Å². The van der Waals surface area contributed by atoms with Gasteiger partial charge in [-0.15, -0.1) is 0 Å². The molecule has 0 saturated carbocycles. The molecule has 0 amide bonds. The van der Waals surface area contributed by atoms with Crippen molar-refractivity contribution in [3.8, 4) is 6.07 Å². The maximum absolute atomic E-state index is 9.05. The lowest BCUT2D eigenvalue weighted by Crippen LogP contribution is -2.33. The average molecular weight is 258 g/mol. The van der Waals surface area contributed by atoms with E-state index in [1.54, 1.807) is 0 Å². The number of hydrogen-bond donors (Lipinski definition) is 0. The maximum atomic E-state index is 9.05. The first-order chi connectivity index (χ1) is 9.31. The van der Waals surface area contributed by atoms with Crippen molar-refractivity contribution < 1.29 is 4.74 Å². The molecule has 1 aromatic carbocycles. The van der Waals surface area contributed by atoms with Gasteiger partial charge in [-0.1, -0.05) is 30.3 Å². The van der Waals surface area contributed by atoms with Gasteiger partial charge in [0.1, 0.15) is 0 Å². The third-order valence-electron chi connectivity index (χ3n) is 3.80. The molecule has 1 aliphatic rings. The van der Waals surface area contributed by atoms with Crippen molar-refractivity contribution in [2.24, 2.45) is 5.92 Å². The van der Waals surface area contributed by atoms with Crippen LogP contribution in [0.3, 0.4) is 0 Å². The molecule has 0 N–H and O–H groups in total. The summed E-state index contributed by atoms with van der Waals surface area (Å²) in [6.07, 6.45) is 2.93. The average Bonchev–Trinajstić information content (AvgIpc) is 2.46. The van der Waals surface area contributed by atoms with Crippen LogP contribution in [0.5, 0.6) is 0 Å². The molecule has 2 rings (SSSR count). The number of hydrogen-bond acceptors (Lipinski definition) is 3. The molecular weight excluding hydrogens is 236 g/mol. The number of ether oxygens (including phenoxy) is 1. The van der Waals surface area contributed by atoms with Crippen LogP contribution in [0.2, 0.25) is 0 Å². The van der Waals surface area contributed by atoms with Gasteiger partial charge in [-0.05, 0) is 31.4 Å².